The Kier molecular flexibility index (Phi) is 3.42. The Morgan fingerprint density at radius 1 is 1.18 bits per heavy atom. The van der Waals surface area contributed by atoms with E-state index in [9.17, 15) is 26.0 Å². The van der Waals surface area contributed by atoms with Gasteiger partial charge in [-0.2, -0.15) is 8.78 Å². The maximum Gasteiger partial charge on any atom is 0.344 e. The van der Waals surface area contributed by atoms with Crippen LogP contribution in [0, 0.1) is 11.6 Å². The van der Waals surface area contributed by atoms with Crippen LogP contribution in [0.4, 0.5) is 17.6 Å². The van der Waals surface area contributed by atoms with Crippen molar-refractivity contribution in [1.82, 2.24) is 14.8 Å². The second kappa shape index (κ2) is 5.04. The fourth-order valence-corrected chi connectivity index (χ4v) is 3.01. The predicted molar refractivity (Wildman–Crippen MR) is 66.0 cm³/mol. The van der Waals surface area contributed by atoms with E-state index in [1.165, 1.54) is 0 Å². The summed E-state index contributed by atoms with van der Waals surface area (Å²) in [5, 5.41) is 2.62. The third kappa shape index (κ3) is 2.36. The highest BCUT2D eigenvalue weighted by Crippen LogP contribution is 2.32. The van der Waals surface area contributed by atoms with Crippen LogP contribution in [-0.2, 0) is 16.3 Å². The highest BCUT2D eigenvalue weighted by atomic mass is 32.2. The van der Waals surface area contributed by atoms with Crippen molar-refractivity contribution < 1.29 is 26.0 Å². The van der Waals surface area contributed by atoms with E-state index in [2.05, 4.69) is 10.1 Å². The van der Waals surface area contributed by atoms with E-state index in [4.69, 9.17) is 0 Å². The molecule has 2 aromatic rings. The number of alkyl halides is 2. The molecule has 10 heteroatoms. The molecule has 0 spiro atoms. The first-order valence-electron chi connectivity index (χ1n) is 6.22. The standard InChI is InChI=1S/C12H9F4N3O2S/c13-7-3-6(4-8(14)5-7)9-1-2-10-17-12(18-19(9)10)22(20,21)11(15)16/h3-5,9,11H,1-2H2. The summed E-state index contributed by atoms with van der Waals surface area (Å²) >= 11 is 0. The Balaban J connectivity index is 2.04. The Hall–Kier alpha value is -1.97. The molecule has 118 valence electrons. The molecule has 5 nitrogen and oxygen atoms in total. The van der Waals surface area contributed by atoms with Crippen molar-refractivity contribution in [2.45, 2.75) is 29.8 Å². The molecule has 0 bridgehead atoms. The molecular weight excluding hydrogens is 326 g/mol. The minimum absolute atomic E-state index is 0.189. The maximum absolute atomic E-state index is 13.3. The molecule has 1 aromatic heterocycles. The lowest BCUT2D eigenvalue weighted by molar-refractivity contribution is 0.233. The summed E-state index contributed by atoms with van der Waals surface area (Å²) in [5.74, 6) is -5.01. The van der Waals surface area contributed by atoms with Crippen molar-refractivity contribution in [2.75, 3.05) is 0 Å². The molecule has 0 fully saturated rings. The quantitative estimate of drug-likeness (QED) is 0.806. The molecule has 2 heterocycles. The summed E-state index contributed by atoms with van der Waals surface area (Å²) in [4.78, 5) is 3.60. The van der Waals surface area contributed by atoms with Crippen LogP contribution in [0.15, 0.2) is 23.4 Å². The van der Waals surface area contributed by atoms with Gasteiger partial charge in [-0.3, -0.25) is 0 Å². The van der Waals surface area contributed by atoms with Crippen molar-refractivity contribution in [3.8, 4) is 0 Å². The molecule has 1 atom stereocenters. The molecule has 0 radical (unpaired) electrons. The lowest BCUT2D eigenvalue weighted by Gasteiger charge is -2.12. The molecule has 0 saturated carbocycles. The fraction of sp³-hybridized carbons (Fsp3) is 0.333. The minimum atomic E-state index is -4.90. The smallest absolute Gasteiger partial charge is 0.241 e. The van der Waals surface area contributed by atoms with Gasteiger partial charge in [-0.1, -0.05) is 0 Å². The number of benzene rings is 1. The molecule has 1 aromatic carbocycles. The average Bonchev–Trinajstić information content (AvgIpc) is 2.96. The number of halogens is 4. The molecule has 0 N–H and O–H groups in total. The zero-order chi connectivity index (χ0) is 16.1. The van der Waals surface area contributed by atoms with E-state index in [0.29, 0.717) is 12.5 Å². The number of sulfone groups is 1. The Labute approximate surface area is 122 Å². The van der Waals surface area contributed by atoms with Crippen LogP contribution in [0.1, 0.15) is 23.9 Å². The zero-order valence-corrected chi connectivity index (χ0v) is 11.7. The monoisotopic (exact) mass is 335 g/mol. The normalized spacial score (nSPS) is 18.0. The third-order valence-corrected chi connectivity index (χ3v) is 4.53. The average molecular weight is 335 g/mol. The number of aryl methyl sites for hydroxylation is 1. The number of nitrogens with zero attached hydrogens (tertiary/aromatic N) is 3. The van der Waals surface area contributed by atoms with Crippen LogP contribution < -0.4 is 0 Å². The summed E-state index contributed by atoms with van der Waals surface area (Å²) in [6, 6.07) is 2.24. The topological polar surface area (TPSA) is 64.8 Å². The van der Waals surface area contributed by atoms with Gasteiger partial charge >= 0.3 is 5.76 Å². The lowest BCUT2D eigenvalue weighted by Crippen LogP contribution is -2.15. The van der Waals surface area contributed by atoms with Crippen LogP contribution in [0.5, 0.6) is 0 Å². The highest BCUT2D eigenvalue weighted by Gasteiger charge is 2.35. The van der Waals surface area contributed by atoms with Gasteiger partial charge in [-0.05, 0) is 24.1 Å². The first-order chi connectivity index (χ1) is 10.3. The van der Waals surface area contributed by atoms with Gasteiger partial charge in [0.1, 0.15) is 17.5 Å². The summed E-state index contributed by atoms with van der Waals surface area (Å²) < 4.78 is 75.5. The van der Waals surface area contributed by atoms with Gasteiger partial charge in [0.05, 0.1) is 6.04 Å². The highest BCUT2D eigenvalue weighted by molar-refractivity contribution is 7.91. The van der Waals surface area contributed by atoms with Gasteiger partial charge < -0.3 is 0 Å². The summed E-state index contributed by atoms with van der Waals surface area (Å²) in [5.41, 5.74) is 0.238. The van der Waals surface area contributed by atoms with Crippen LogP contribution >= 0.6 is 0 Å². The van der Waals surface area contributed by atoms with Gasteiger partial charge in [-0.15, -0.1) is 5.10 Å². The number of fused-ring (bicyclic) bond motifs is 1. The van der Waals surface area contributed by atoms with E-state index < -0.39 is 38.4 Å². The second-order valence-electron chi connectivity index (χ2n) is 4.82. The van der Waals surface area contributed by atoms with Crippen LogP contribution in [0.25, 0.3) is 0 Å². The molecule has 1 aliphatic heterocycles. The fourth-order valence-electron chi connectivity index (χ4n) is 2.42. The molecule has 1 aliphatic rings. The molecule has 0 amide bonds. The molecule has 3 rings (SSSR count). The van der Waals surface area contributed by atoms with Crippen molar-refractivity contribution in [3.63, 3.8) is 0 Å². The molecule has 0 saturated heterocycles. The number of aromatic nitrogens is 3. The van der Waals surface area contributed by atoms with Crippen LogP contribution in [0.2, 0.25) is 0 Å². The van der Waals surface area contributed by atoms with Gasteiger partial charge in [0.2, 0.25) is 0 Å². The van der Waals surface area contributed by atoms with Crippen LogP contribution in [-0.4, -0.2) is 28.9 Å². The summed E-state index contributed by atoms with van der Waals surface area (Å²) in [6.07, 6.45) is 0.668. The van der Waals surface area contributed by atoms with E-state index >= 15 is 0 Å². The van der Waals surface area contributed by atoms with E-state index in [1.54, 1.807) is 0 Å². The number of rotatable bonds is 3. The summed E-state index contributed by atoms with van der Waals surface area (Å²) in [7, 11) is -4.90. The SMILES string of the molecule is O=S(=O)(c1nc2n(n1)C(c1cc(F)cc(F)c1)CC2)C(F)F. The van der Waals surface area contributed by atoms with Gasteiger partial charge in [0, 0.05) is 12.5 Å². The van der Waals surface area contributed by atoms with Gasteiger partial charge in [0.25, 0.3) is 15.0 Å². The molecule has 22 heavy (non-hydrogen) atoms. The van der Waals surface area contributed by atoms with E-state index in [1.807, 2.05) is 0 Å². The van der Waals surface area contributed by atoms with Crippen molar-refractivity contribution >= 4 is 9.84 Å². The van der Waals surface area contributed by atoms with E-state index in [0.717, 1.165) is 16.8 Å². The third-order valence-electron chi connectivity index (χ3n) is 3.38. The Morgan fingerprint density at radius 3 is 2.41 bits per heavy atom. The molecule has 1 unspecified atom stereocenters. The van der Waals surface area contributed by atoms with Crippen molar-refractivity contribution in [2.24, 2.45) is 0 Å². The number of hydrogen-bond acceptors (Lipinski definition) is 4. The summed E-state index contributed by atoms with van der Waals surface area (Å²) in [6.45, 7) is 0. The van der Waals surface area contributed by atoms with Crippen molar-refractivity contribution in [3.05, 3.63) is 41.2 Å². The molecular formula is C12H9F4N3O2S. The van der Waals surface area contributed by atoms with Crippen molar-refractivity contribution in [1.29, 1.82) is 0 Å². The van der Waals surface area contributed by atoms with E-state index in [-0.39, 0.29) is 17.8 Å². The first kappa shape index (κ1) is 14.9. The predicted octanol–water partition coefficient (Wildman–Crippen LogP) is 2.09. The van der Waals surface area contributed by atoms with Gasteiger partial charge in [0.15, 0.2) is 0 Å². The first-order valence-corrected chi connectivity index (χ1v) is 7.77. The minimum Gasteiger partial charge on any atom is -0.241 e. The Bertz CT molecular complexity index is 815. The largest absolute Gasteiger partial charge is 0.344 e. The zero-order valence-electron chi connectivity index (χ0n) is 10.9. The maximum atomic E-state index is 13.3. The molecule has 0 aliphatic carbocycles. The van der Waals surface area contributed by atoms with Crippen LogP contribution in [0.3, 0.4) is 0 Å². The lowest BCUT2D eigenvalue weighted by atomic mass is 10.0. The number of hydrogen-bond donors (Lipinski definition) is 0. The Morgan fingerprint density at radius 2 is 1.82 bits per heavy atom. The van der Waals surface area contributed by atoms with Gasteiger partial charge in [-0.25, -0.2) is 26.9 Å². The second-order valence-corrected chi connectivity index (χ2v) is 6.63.